The van der Waals surface area contributed by atoms with E-state index in [4.69, 9.17) is 16.6 Å². The Morgan fingerprint density at radius 1 is 0.964 bits per heavy atom. The second-order valence-electron chi connectivity index (χ2n) is 6.06. The van der Waals surface area contributed by atoms with E-state index in [2.05, 4.69) is 26.6 Å². The van der Waals surface area contributed by atoms with Gasteiger partial charge < -0.3 is 9.73 Å². The number of hydrogen-bond donors (Lipinski definition) is 2. The predicted octanol–water partition coefficient (Wildman–Crippen LogP) is 4.84. The molecule has 0 bridgehead atoms. The second kappa shape index (κ2) is 7.53. The first-order chi connectivity index (χ1) is 13.5. The molecule has 4 rings (SSSR count). The summed E-state index contributed by atoms with van der Waals surface area (Å²) >= 11 is 8.78. The van der Waals surface area contributed by atoms with Crippen LogP contribution in [0.25, 0.3) is 21.7 Å². The monoisotopic (exact) mass is 452 g/mol. The fourth-order valence-corrected chi connectivity index (χ4v) is 3.66. The van der Waals surface area contributed by atoms with Crippen LogP contribution in [0.15, 0.2) is 80.4 Å². The lowest BCUT2D eigenvalue weighted by molar-refractivity contribution is 0.0979. The Morgan fingerprint density at radius 2 is 1.75 bits per heavy atom. The summed E-state index contributed by atoms with van der Waals surface area (Å²) in [5.41, 5.74) is 1.28. The lowest BCUT2D eigenvalue weighted by Gasteiger charge is -2.12. The number of benzene rings is 3. The third-order valence-electron chi connectivity index (χ3n) is 4.22. The lowest BCUT2D eigenvalue weighted by Crippen LogP contribution is -2.34. The highest BCUT2D eigenvalue weighted by molar-refractivity contribution is 9.10. The number of anilines is 1. The second-order valence-corrected chi connectivity index (χ2v) is 7.32. The van der Waals surface area contributed by atoms with Crippen LogP contribution in [0.3, 0.4) is 0 Å². The molecular formula is C21H13BrN2O3S. The van der Waals surface area contributed by atoms with Crippen LogP contribution in [0, 0.1) is 0 Å². The molecule has 0 aliphatic carbocycles. The zero-order valence-electron chi connectivity index (χ0n) is 14.4. The summed E-state index contributed by atoms with van der Waals surface area (Å²) in [6, 6.07) is 19.4. The van der Waals surface area contributed by atoms with Gasteiger partial charge in [-0.2, -0.15) is 0 Å². The third-order valence-corrected chi connectivity index (χ3v) is 5.11. The van der Waals surface area contributed by atoms with Crippen molar-refractivity contribution < 1.29 is 9.21 Å². The molecule has 0 aliphatic rings. The Kier molecular flexibility index (Phi) is 4.93. The van der Waals surface area contributed by atoms with Crippen LogP contribution in [0.1, 0.15) is 10.4 Å². The van der Waals surface area contributed by atoms with E-state index in [-0.39, 0.29) is 11.0 Å². The molecule has 4 aromatic rings. The van der Waals surface area contributed by atoms with Crippen LogP contribution in [-0.2, 0) is 0 Å². The van der Waals surface area contributed by atoms with E-state index >= 15 is 0 Å². The first-order valence-corrected chi connectivity index (χ1v) is 9.55. The molecule has 0 fully saturated rings. The van der Waals surface area contributed by atoms with E-state index < -0.39 is 5.63 Å². The highest BCUT2D eigenvalue weighted by Crippen LogP contribution is 2.26. The van der Waals surface area contributed by atoms with Crippen LogP contribution < -0.4 is 16.3 Å². The maximum absolute atomic E-state index is 12.7. The molecule has 0 spiro atoms. The number of amides is 1. The van der Waals surface area contributed by atoms with Crippen molar-refractivity contribution in [2.45, 2.75) is 0 Å². The molecule has 0 radical (unpaired) electrons. The molecule has 7 heteroatoms. The number of rotatable bonds is 2. The van der Waals surface area contributed by atoms with Crippen molar-refractivity contribution in [3.8, 4) is 0 Å². The molecule has 0 saturated heterocycles. The molecule has 1 aromatic heterocycles. The van der Waals surface area contributed by atoms with Gasteiger partial charge in [-0.3, -0.25) is 10.1 Å². The van der Waals surface area contributed by atoms with E-state index in [1.165, 1.54) is 6.07 Å². The number of carbonyl (C=O) groups excluding carboxylic acids is 1. The molecule has 3 aromatic carbocycles. The van der Waals surface area contributed by atoms with Crippen molar-refractivity contribution in [1.82, 2.24) is 5.32 Å². The van der Waals surface area contributed by atoms with Gasteiger partial charge in [0.25, 0.3) is 5.91 Å². The summed E-state index contributed by atoms with van der Waals surface area (Å²) in [5, 5.41) is 8.39. The van der Waals surface area contributed by atoms with Gasteiger partial charge in [0.15, 0.2) is 5.11 Å². The largest absolute Gasteiger partial charge is 0.423 e. The quantitative estimate of drug-likeness (QED) is 0.336. The minimum Gasteiger partial charge on any atom is -0.423 e. The fourth-order valence-electron chi connectivity index (χ4n) is 2.95. The van der Waals surface area contributed by atoms with Crippen molar-refractivity contribution in [3.63, 3.8) is 0 Å². The van der Waals surface area contributed by atoms with Gasteiger partial charge in [-0.25, -0.2) is 4.79 Å². The van der Waals surface area contributed by atoms with Gasteiger partial charge in [0.05, 0.1) is 0 Å². The van der Waals surface area contributed by atoms with Crippen LogP contribution in [0.4, 0.5) is 5.69 Å². The summed E-state index contributed by atoms with van der Waals surface area (Å²) in [4.78, 5) is 24.0. The molecule has 2 N–H and O–H groups in total. The molecular weight excluding hydrogens is 440 g/mol. The highest BCUT2D eigenvalue weighted by atomic mass is 79.9. The molecule has 138 valence electrons. The van der Waals surface area contributed by atoms with Crippen molar-refractivity contribution in [2.75, 3.05) is 5.32 Å². The van der Waals surface area contributed by atoms with Crippen LogP contribution >= 0.6 is 28.1 Å². The zero-order valence-corrected chi connectivity index (χ0v) is 16.8. The van der Waals surface area contributed by atoms with Crippen molar-refractivity contribution >= 4 is 66.6 Å². The molecule has 5 nitrogen and oxygen atoms in total. The Hall–Kier alpha value is -3.03. The molecule has 0 aliphatic heterocycles. The van der Waals surface area contributed by atoms with Gasteiger partial charge in [0.1, 0.15) is 5.58 Å². The van der Waals surface area contributed by atoms with Gasteiger partial charge in [-0.05, 0) is 59.4 Å². The number of nitrogens with one attached hydrogen (secondary N) is 2. The van der Waals surface area contributed by atoms with Gasteiger partial charge >= 0.3 is 5.63 Å². The van der Waals surface area contributed by atoms with Gasteiger partial charge in [0.2, 0.25) is 0 Å². The van der Waals surface area contributed by atoms with E-state index in [9.17, 15) is 9.59 Å². The van der Waals surface area contributed by atoms with Crippen molar-refractivity contribution in [1.29, 1.82) is 0 Å². The average molecular weight is 453 g/mol. The maximum Gasteiger partial charge on any atom is 0.336 e. The first-order valence-electron chi connectivity index (χ1n) is 8.35. The minimum absolute atomic E-state index is 0.175. The number of hydrogen-bond acceptors (Lipinski definition) is 4. The Labute approximate surface area is 173 Å². The summed E-state index contributed by atoms with van der Waals surface area (Å²) in [7, 11) is 0. The summed E-state index contributed by atoms with van der Waals surface area (Å²) in [5.74, 6) is -0.298. The number of thiocarbonyl (C=S) groups is 1. The topological polar surface area (TPSA) is 71.3 Å². The smallest absolute Gasteiger partial charge is 0.336 e. The standard InChI is InChI=1S/C21H13BrN2O3S/c22-17-6-2-3-14-15(17)4-1-5-16(14)20(26)24-21(28)23-13-8-9-18-12(11-13)7-10-19(25)27-18/h1-11H,(H2,23,24,26,28). The minimum atomic E-state index is -0.405. The van der Waals surface area contributed by atoms with Gasteiger partial charge in [-0.1, -0.05) is 40.2 Å². The van der Waals surface area contributed by atoms with Crippen LogP contribution in [-0.4, -0.2) is 11.0 Å². The lowest BCUT2D eigenvalue weighted by atomic mass is 10.0. The molecule has 1 heterocycles. The third kappa shape index (κ3) is 3.67. The first kappa shape index (κ1) is 18.3. The normalized spacial score (nSPS) is 10.8. The number of halogens is 1. The molecule has 0 saturated carbocycles. The van der Waals surface area contributed by atoms with Gasteiger partial charge in [-0.15, -0.1) is 0 Å². The zero-order chi connectivity index (χ0) is 19.7. The highest BCUT2D eigenvalue weighted by Gasteiger charge is 2.12. The predicted molar refractivity (Wildman–Crippen MR) is 118 cm³/mol. The summed E-state index contributed by atoms with van der Waals surface area (Å²) in [6.45, 7) is 0. The van der Waals surface area contributed by atoms with Crippen LogP contribution in [0.5, 0.6) is 0 Å². The Morgan fingerprint density at radius 3 is 2.61 bits per heavy atom. The molecule has 0 unspecified atom stereocenters. The number of carbonyl (C=O) groups is 1. The molecule has 0 atom stereocenters. The number of fused-ring (bicyclic) bond motifs is 2. The molecule has 28 heavy (non-hydrogen) atoms. The van der Waals surface area contributed by atoms with Crippen LogP contribution in [0.2, 0.25) is 0 Å². The van der Waals surface area contributed by atoms with Gasteiger partial charge in [0, 0.05) is 27.2 Å². The van der Waals surface area contributed by atoms with E-state index in [0.717, 1.165) is 20.6 Å². The van der Waals surface area contributed by atoms with E-state index in [1.54, 1.807) is 30.3 Å². The summed E-state index contributed by atoms with van der Waals surface area (Å²) < 4.78 is 6.02. The van der Waals surface area contributed by atoms with E-state index in [0.29, 0.717) is 16.8 Å². The average Bonchev–Trinajstić information content (AvgIpc) is 2.68. The fraction of sp³-hybridized carbons (Fsp3) is 0. The summed E-state index contributed by atoms with van der Waals surface area (Å²) in [6.07, 6.45) is 0. The van der Waals surface area contributed by atoms with E-state index in [1.807, 2.05) is 30.3 Å². The van der Waals surface area contributed by atoms with Crippen molar-refractivity contribution in [2.24, 2.45) is 0 Å². The Balaban J connectivity index is 1.54. The van der Waals surface area contributed by atoms with Crippen molar-refractivity contribution in [3.05, 3.63) is 87.2 Å². The Bertz CT molecular complexity index is 1300. The molecule has 1 amide bonds. The SMILES string of the molecule is O=C(NC(=S)Nc1ccc2oc(=O)ccc2c1)c1cccc2c(Br)cccc12. The maximum atomic E-state index is 12.7.